The summed E-state index contributed by atoms with van der Waals surface area (Å²) >= 11 is 0. The Morgan fingerprint density at radius 2 is 2.13 bits per heavy atom. The van der Waals surface area contributed by atoms with E-state index in [0.29, 0.717) is 0 Å². The second-order valence-electron chi connectivity index (χ2n) is 5.14. The molecule has 0 aromatic rings. The van der Waals surface area contributed by atoms with Crippen molar-refractivity contribution in [2.75, 3.05) is 45.8 Å². The fourth-order valence-electron chi connectivity index (χ4n) is 2.86. The standard InChI is InChI=1S/C12H25N3/c1-3-14-6-4-12(10-14)15-7-5-13-8-11(2)9-15/h11-13H,3-10H2,1-2H3. The smallest absolute Gasteiger partial charge is 0.0235 e. The molecule has 2 heterocycles. The van der Waals surface area contributed by atoms with E-state index in [9.17, 15) is 0 Å². The first-order valence-electron chi connectivity index (χ1n) is 6.46. The highest BCUT2D eigenvalue weighted by Gasteiger charge is 2.28. The molecule has 2 atom stereocenters. The highest BCUT2D eigenvalue weighted by atomic mass is 15.3. The van der Waals surface area contributed by atoms with E-state index in [2.05, 4.69) is 29.0 Å². The zero-order chi connectivity index (χ0) is 10.7. The van der Waals surface area contributed by atoms with E-state index < -0.39 is 0 Å². The quantitative estimate of drug-likeness (QED) is 0.722. The second-order valence-corrected chi connectivity index (χ2v) is 5.14. The molecule has 0 aromatic carbocycles. The van der Waals surface area contributed by atoms with Crippen LogP contribution in [0.4, 0.5) is 0 Å². The highest BCUT2D eigenvalue weighted by Crippen LogP contribution is 2.17. The lowest BCUT2D eigenvalue weighted by Crippen LogP contribution is -2.40. The molecule has 3 heteroatoms. The molecule has 1 N–H and O–H groups in total. The van der Waals surface area contributed by atoms with Gasteiger partial charge in [-0.25, -0.2) is 0 Å². The van der Waals surface area contributed by atoms with Crippen LogP contribution in [0.15, 0.2) is 0 Å². The average Bonchev–Trinajstić information content (AvgIpc) is 2.61. The van der Waals surface area contributed by atoms with Crippen LogP contribution in [0.1, 0.15) is 20.3 Å². The van der Waals surface area contributed by atoms with Crippen molar-refractivity contribution in [2.45, 2.75) is 26.3 Å². The van der Waals surface area contributed by atoms with Crippen LogP contribution >= 0.6 is 0 Å². The highest BCUT2D eigenvalue weighted by molar-refractivity contribution is 4.85. The van der Waals surface area contributed by atoms with Gasteiger partial charge in [0.2, 0.25) is 0 Å². The minimum atomic E-state index is 0.808. The van der Waals surface area contributed by atoms with Gasteiger partial charge in [-0.05, 0) is 32.0 Å². The summed E-state index contributed by atoms with van der Waals surface area (Å²) in [7, 11) is 0. The van der Waals surface area contributed by atoms with Crippen LogP contribution < -0.4 is 5.32 Å². The van der Waals surface area contributed by atoms with Crippen LogP contribution in [0, 0.1) is 5.92 Å². The minimum absolute atomic E-state index is 0.808. The molecule has 0 saturated carbocycles. The van der Waals surface area contributed by atoms with Gasteiger partial charge in [-0.2, -0.15) is 0 Å². The van der Waals surface area contributed by atoms with Gasteiger partial charge in [0.05, 0.1) is 0 Å². The Morgan fingerprint density at radius 3 is 2.87 bits per heavy atom. The van der Waals surface area contributed by atoms with Gasteiger partial charge in [0.25, 0.3) is 0 Å². The maximum absolute atomic E-state index is 3.52. The van der Waals surface area contributed by atoms with E-state index in [1.165, 1.54) is 52.2 Å². The first-order valence-corrected chi connectivity index (χ1v) is 6.46. The molecule has 88 valence electrons. The third kappa shape index (κ3) is 2.92. The van der Waals surface area contributed by atoms with Gasteiger partial charge in [0.15, 0.2) is 0 Å². The Balaban J connectivity index is 1.86. The number of hydrogen-bond acceptors (Lipinski definition) is 3. The first-order chi connectivity index (χ1) is 7.29. The number of rotatable bonds is 2. The van der Waals surface area contributed by atoms with Crippen molar-refractivity contribution in [3.05, 3.63) is 0 Å². The lowest BCUT2D eigenvalue weighted by molar-refractivity contribution is 0.188. The van der Waals surface area contributed by atoms with Crippen molar-refractivity contribution >= 4 is 0 Å². The molecule has 2 aliphatic rings. The fraction of sp³-hybridized carbons (Fsp3) is 1.00. The molecule has 0 aliphatic carbocycles. The Kier molecular flexibility index (Phi) is 4.00. The molecule has 2 fully saturated rings. The van der Waals surface area contributed by atoms with E-state index in [1.54, 1.807) is 0 Å². The molecule has 0 bridgehead atoms. The summed E-state index contributed by atoms with van der Waals surface area (Å²) in [5, 5.41) is 3.52. The summed E-state index contributed by atoms with van der Waals surface area (Å²) in [5.41, 5.74) is 0. The molecule has 0 spiro atoms. The van der Waals surface area contributed by atoms with Crippen molar-refractivity contribution in [3.63, 3.8) is 0 Å². The van der Waals surface area contributed by atoms with Crippen LogP contribution in [-0.2, 0) is 0 Å². The third-order valence-electron chi connectivity index (χ3n) is 3.83. The molecule has 15 heavy (non-hydrogen) atoms. The number of likely N-dealkylation sites (N-methyl/N-ethyl adjacent to an activating group) is 1. The lowest BCUT2D eigenvalue weighted by Gasteiger charge is -2.28. The van der Waals surface area contributed by atoms with Gasteiger partial charge < -0.3 is 10.2 Å². The SMILES string of the molecule is CCN1CCC(N2CCNCC(C)C2)C1. The van der Waals surface area contributed by atoms with Crippen LogP contribution in [0.2, 0.25) is 0 Å². The van der Waals surface area contributed by atoms with Crippen LogP contribution in [0.25, 0.3) is 0 Å². The van der Waals surface area contributed by atoms with Crippen LogP contribution in [0.5, 0.6) is 0 Å². The predicted octanol–water partition coefficient (Wildman–Crippen LogP) is 0.622. The lowest BCUT2D eigenvalue weighted by atomic mass is 10.1. The summed E-state index contributed by atoms with van der Waals surface area (Å²) in [4.78, 5) is 5.29. The molecular weight excluding hydrogens is 186 g/mol. The summed E-state index contributed by atoms with van der Waals surface area (Å²) in [6, 6.07) is 0.826. The van der Waals surface area contributed by atoms with Crippen molar-refractivity contribution in [1.82, 2.24) is 15.1 Å². The van der Waals surface area contributed by atoms with Gasteiger partial charge in [0.1, 0.15) is 0 Å². The van der Waals surface area contributed by atoms with Crippen molar-refractivity contribution in [3.8, 4) is 0 Å². The molecule has 2 saturated heterocycles. The topological polar surface area (TPSA) is 18.5 Å². The van der Waals surface area contributed by atoms with Gasteiger partial charge >= 0.3 is 0 Å². The van der Waals surface area contributed by atoms with E-state index in [0.717, 1.165) is 12.0 Å². The van der Waals surface area contributed by atoms with Crippen molar-refractivity contribution in [2.24, 2.45) is 5.92 Å². The molecule has 0 radical (unpaired) electrons. The maximum Gasteiger partial charge on any atom is 0.0235 e. The number of likely N-dealkylation sites (tertiary alicyclic amines) is 1. The maximum atomic E-state index is 3.52. The van der Waals surface area contributed by atoms with Gasteiger partial charge in [-0.1, -0.05) is 13.8 Å². The molecule has 0 aromatic heterocycles. The summed E-state index contributed by atoms with van der Waals surface area (Å²) in [5.74, 6) is 0.808. The average molecular weight is 211 g/mol. The van der Waals surface area contributed by atoms with E-state index in [4.69, 9.17) is 0 Å². The van der Waals surface area contributed by atoms with Gasteiger partial charge in [-0.3, -0.25) is 4.90 Å². The van der Waals surface area contributed by atoms with E-state index >= 15 is 0 Å². The van der Waals surface area contributed by atoms with E-state index in [1.807, 2.05) is 0 Å². The normalized spacial score (nSPS) is 35.6. The largest absolute Gasteiger partial charge is 0.315 e. The summed E-state index contributed by atoms with van der Waals surface area (Å²) in [6.45, 7) is 13.4. The Hall–Kier alpha value is -0.120. The molecular formula is C12H25N3. The minimum Gasteiger partial charge on any atom is -0.315 e. The fourth-order valence-corrected chi connectivity index (χ4v) is 2.86. The Labute approximate surface area is 93.8 Å². The van der Waals surface area contributed by atoms with E-state index in [-0.39, 0.29) is 0 Å². The molecule has 0 amide bonds. The third-order valence-corrected chi connectivity index (χ3v) is 3.83. The molecule has 2 aliphatic heterocycles. The number of nitrogens with zero attached hydrogens (tertiary/aromatic N) is 2. The van der Waals surface area contributed by atoms with Gasteiger partial charge in [0, 0.05) is 32.2 Å². The predicted molar refractivity (Wildman–Crippen MR) is 64.1 cm³/mol. The van der Waals surface area contributed by atoms with Crippen LogP contribution in [0.3, 0.4) is 0 Å². The first kappa shape index (κ1) is 11.4. The Morgan fingerprint density at radius 1 is 1.27 bits per heavy atom. The second kappa shape index (κ2) is 5.28. The molecule has 3 nitrogen and oxygen atoms in total. The van der Waals surface area contributed by atoms with Crippen molar-refractivity contribution < 1.29 is 0 Å². The monoisotopic (exact) mass is 211 g/mol. The Bertz CT molecular complexity index is 195. The summed E-state index contributed by atoms with van der Waals surface area (Å²) < 4.78 is 0. The van der Waals surface area contributed by atoms with Crippen molar-refractivity contribution in [1.29, 1.82) is 0 Å². The van der Waals surface area contributed by atoms with Crippen LogP contribution in [-0.4, -0.2) is 61.7 Å². The zero-order valence-corrected chi connectivity index (χ0v) is 10.2. The summed E-state index contributed by atoms with van der Waals surface area (Å²) in [6.07, 6.45) is 1.38. The number of hydrogen-bond donors (Lipinski definition) is 1. The number of nitrogens with one attached hydrogen (secondary N) is 1. The molecule has 2 rings (SSSR count). The van der Waals surface area contributed by atoms with Gasteiger partial charge in [-0.15, -0.1) is 0 Å². The molecule has 2 unspecified atom stereocenters. The zero-order valence-electron chi connectivity index (χ0n) is 10.2.